The zero-order valence-electron chi connectivity index (χ0n) is 9.98. The van der Waals surface area contributed by atoms with E-state index in [4.69, 9.17) is 5.26 Å². The van der Waals surface area contributed by atoms with E-state index < -0.39 is 0 Å². The second-order valence-corrected chi connectivity index (χ2v) is 5.06. The van der Waals surface area contributed by atoms with E-state index in [1.54, 1.807) is 17.4 Å². The molecule has 1 aromatic heterocycles. The first-order valence-electron chi connectivity index (χ1n) is 5.65. The topological polar surface area (TPSA) is 35.8 Å². The Morgan fingerprint density at radius 2 is 2.28 bits per heavy atom. The summed E-state index contributed by atoms with van der Waals surface area (Å²) in [6.45, 7) is 2.61. The largest absolute Gasteiger partial charge is 0.305 e. The molecular formula is C14H13FN2S. The molecule has 1 heterocycles. The van der Waals surface area contributed by atoms with Crippen molar-refractivity contribution in [2.45, 2.75) is 19.5 Å². The Labute approximate surface area is 110 Å². The van der Waals surface area contributed by atoms with E-state index in [2.05, 4.69) is 18.3 Å². The lowest BCUT2D eigenvalue weighted by Crippen LogP contribution is -2.17. The predicted molar refractivity (Wildman–Crippen MR) is 70.7 cm³/mol. The maximum atomic E-state index is 13.2. The lowest BCUT2D eigenvalue weighted by atomic mass is 10.1. The molecule has 2 rings (SSSR count). The van der Waals surface area contributed by atoms with E-state index in [1.807, 2.05) is 17.5 Å². The summed E-state index contributed by atoms with van der Waals surface area (Å²) in [5.41, 5.74) is 1.14. The van der Waals surface area contributed by atoms with Gasteiger partial charge in [-0.2, -0.15) is 5.26 Å². The van der Waals surface area contributed by atoms with Gasteiger partial charge in [-0.25, -0.2) is 4.39 Å². The van der Waals surface area contributed by atoms with Crippen LogP contribution in [-0.4, -0.2) is 0 Å². The first kappa shape index (κ1) is 12.7. The molecule has 0 saturated carbocycles. The van der Waals surface area contributed by atoms with Crippen LogP contribution in [-0.2, 0) is 6.54 Å². The Morgan fingerprint density at radius 1 is 1.44 bits per heavy atom. The van der Waals surface area contributed by atoms with Crippen LogP contribution in [0.2, 0.25) is 0 Å². The van der Waals surface area contributed by atoms with Gasteiger partial charge in [-0.3, -0.25) is 0 Å². The van der Waals surface area contributed by atoms with E-state index in [0.717, 1.165) is 5.56 Å². The molecule has 0 radical (unpaired) electrons. The number of hydrogen-bond donors (Lipinski definition) is 1. The normalized spacial score (nSPS) is 12.1. The zero-order chi connectivity index (χ0) is 13.0. The Kier molecular flexibility index (Phi) is 4.08. The number of rotatable bonds is 4. The number of nitriles is 1. The van der Waals surface area contributed by atoms with Gasteiger partial charge in [0.1, 0.15) is 5.82 Å². The quantitative estimate of drug-likeness (QED) is 0.911. The molecule has 18 heavy (non-hydrogen) atoms. The van der Waals surface area contributed by atoms with Crippen LogP contribution >= 0.6 is 11.3 Å². The van der Waals surface area contributed by atoms with E-state index in [-0.39, 0.29) is 11.9 Å². The molecular weight excluding hydrogens is 247 g/mol. The molecule has 0 unspecified atom stereocenters. The molecule has 1 atom stereocenters. The number of benzene rings is 1. The van der Waals surface area contributed by atoms with Gasteiger partial charge in [-0.15, -0.1) is 11.3 Å². The highest BCUT2D eigenvalue weighted by molar-refractivity contribution is 7.10. The molecule has 0 amide bonds. The van der Waals surface area contributed by atoms with Crippen LogP contribution in [0.4, 0.5) is 4.39 Å². The highest BCUT2D eigenvalue weighted by Crippen LogP contribution is 2.19. The molecule has 0 spiro atoms. The highest BCUT2D eigenvalue weighted by atomic mass is 32.1. The van der Waals surface area contributed by atoms with Crippen LogP contribution in [0.3, 0.4) is 0 Å². The summed E-state index contributed by atoms with van der Waals surface area (Å²) in [7, 11) is 0. The van der Waals surface area contributed by atoms with Crippen molar-refractivity contribution in [2.24, 2.45) is 0 Å². The minimum atomic E-state index is -0.366. The first-order valence-corrected chi connectivity index (χ1v) is 6.53. The summed E-state index contributed by atoms with van der Waals surface area (Å²) in [4.78, 5) is 1.24. The Morgan fingerprint density at radius 3 is 2.94 bits per heavy atom. The number of nitrogens with one attached hydrogen (secondary N) is 1. The molecule has 0 bridgehead atoms. The van der Waals surface area contributed by atoms with Gasteiger partial charge in [-0.1, -0.05) is 6.07 Å². The maximum Gasteiger partial charge on any atom is 0.124 e. The molecule has 0 aliphatic rings. The van der Waals surface area contributed by atoms with Crippen LogP contribution in [0.1, 0.15) is 29.0 Å². The van der Waals surface area contributed by atoms with E-state index >= 15 is 0 Å². The summed E-state index contributed by atoms with van der Waals surface area (Å²) in [5, 5.41) is 14.1. The molecule has 0 saturated heterocycles. The third kappa shape index (κ3) is 3.16. The molecule has 2 nitrogen and oxygen atoms in total. The van der Waals surface area contributed by atoms with Gasteiger partial charge in [-0.05, 0) is 42.1 Å². The van der Waals surface area contributed by atoms with Crippen molar-refractivity contribution >= 4 is 11.3 Å². The molecule has 1 aromatic carbocycles. The standard InChI is InChI=1S/C14H13FN2S/c1-10(14-3-2-4-18-14)17-9-12-5-11(8-16)6-13(15)7-12/h2-7,10,17H,9H2,1H3/t10-/m1/s1. The third-order valence-electron chi connectivity index (χ3n) is 2.67. The van der Waals surface area contributed by atoms with Crippen LogP contribution in [0.5, 0.6) is 0 Å². The average Bonchev–Trinajstić information content (AvgIpc) is 2.89. The van der Waals surface area contributed by atoms with Gasteiger partial charge in [0, 0.05) is 17.5 Å². The minimum Gasteiger partial charge on any atom is -0.305 e. The third-order valence-corrected chi connectivity index (χ3v) is 3.72. The summed E-state index contributed by atoms with van der Waals surface area (Å²) < 4.78 is 13.2. The van der Waals surface area contributed by atoms with Crippen molar-refractivity contribution in [3.63, 3.8) is 0 Å². The second-order valence-electron chi connectivity index (χ2n) is 4.08. The van der Waals surface area contributed by atoms with Gasteiger partial charge in [0.05, 0.1) is 11.6 Å². The van der Waals surface area contributed by atoms with Crippen molar-refractivity contribution in [2.75, 3.05) is 0 Å². The zero-order valence-corrected chi connectivity index (χ0v) is 10.8. The lowest BCUT2D eigenvalue weighted by Gasteiger charge is -2.12. The Balaban J connectivity index is 2.02. The number of nitrogens with zero attached hydrogens (tertiary/aromatic N) is 1. The fraction of sp³-hybridized carbons (Fsp3) is 0.214. The van der Waals surface area contributed by atoms with Crippen LogP contribution in [0.15, 0.2) is 35.7 Å². The van der Waals surface area contributed by atoms with Gasteiger partial charge < -0.3 is 5.32 Å². The van der Waals surface area contributed by atoms with Gasteiger partial charge in [0.15, 0.2) is 0 Å². The molecule has 4 heteroatoms. The van der Waals surface area contributed by atoms with Crippen LogP contribution in [0.25, 0.3) is 0 Å². The molecule has 0 fully saturated rings. The van der Waals surface area contributed by atoms with Crippen molar-refractivity contribution in [1.82, 2.24) is 5.32 Å². The maximum absolute atomic E-state index is 13.2. The Hall–Kier alpha value is -1.70. The Bertz CT molecular complexity index is 558. The van der Waals surface area contributed by atoms with Crippen LogP contribution in [0, 0.1) is 17.1 Å². The minimum absolute atomic E-state index is 0.221. The van der Waals surface area contributed by atoms with Crippen molar-refractivity contribution in [1.29, 1.82) is 5.26 Å². The lowest BCUT2D eigenvalue weighted by molar-refractivity contribution is 0.576. The fourth-order valence-corrected chi connectivity index (χ4v) is 2.49. The van der Waals surface area contributed by atoms with Crippen LogP contribution < -0.4 is 5.32 Å². The monoisotopic (exact) mass is 260 g/mol. The predicted octanol–water partition coefficient (Wildman–Crippen LogP) is 3.61. The van der Waals surface area contributed by atoms with Gasteiger partial charge >= 0.3 is 0 Å². The SMILES string of the molecule is C[C@@H](NCc1cc(F)cc(C#N)c1)c1cccs1. The highest BCUT2D eigenvalue weighted by Gasteiger charge is 2.06. The number of thiophene rings is 1. The van der Waals surface area contributed by atoms with Crippen molar-refractivity contribution in [3.05, 3.63) is 57.5 Å². The number of hydrogen-bond acceptors (Lipinski definition) is 3. The summed E-state index contributed by atoms with van der Waals surface area (Å²) >= 11 is 1.69. The first-order chi connectivity index (χ1) is 8.69. The van der Waals surface area contributed by atoms with E-state index in [9.17, 15) is 4.39 Å². The molecule has 0 aliphatic carbocycles. The van der Waals surface area contributed by atoms with E-state index in [1.165, 1.54) is 17.0 Å². The average molecular weight is 260 g/mol. The molecule has 2 aromatic rings. The van der Waals surface area contributed by atoms with Gasteiger partial charge in [0.2, 0.25) is 0 Å². The van der Waals surface area contributed by atoms with Gasteiger partial charge in [0.25, 0.3) is 0 Å². The van der Waals surface area contributed by atoms with Crippen molar-refractivity contribution in [3.8, 4) is 6.07 Å². The number of halogens is 1. The molecule has 0 aliphatic heterocycles. The summed E-state index contributed by atoms with van der Waals surface area (Å²) in [6.07, 6.45) is 0. The van der Waals surface area contributed by atoms with E-state index in [0.29, 0.717) is 12.1 Å². The smallest absolute Gasteiger partial charge is 0.124 e. The van der Waals surface area contributed by atoms with Crippen molar-refractivity contribution < 1.29 is 4.39 Å². The summed E-state index contributed by atoms with van der Waals surface area (Å²) in [5.74, 6) is -0.366. The molecule has 92 valence electrons. The second kappa shape index (κ2) is 5.76. The summed E-state index contributed by atoms with van der Waals surface area (Å²) in [6, 6.07) is 10.7. The fourth-order valence-electron chi connectivity index (χ4n) is 1.73. The molecule has 1 N–H and O–H groups in total.